The molecule has 20 heavy (non-hydrogen) atoms. The second kappa shape index (κ2) is 8.35. The van der Waals surface area contributed by atoms with Gasteiger partial charge in [0.1, 0.15) is 0 Å². The Morgan fingerprint density at radius 2 is 1.90 bits per heavy atom. The van der Waals surface area contributed by atoms with Gasteiger partial charge in [-0.15, -0.1) is 11.8 Å². The summed E-state index contributed by atoms with van der Waals surface area (Å²) in [4.78, 5) is 1.27. The summed E-state index contributed by atoms with van der Waals surface area (Å²) in [5.74, 6) is 0.974. The molecule has 0 radical (unpaired) electrons. The summed E-state index contributed by atoms with van der Waals surface area (Å²) in [5.41, 5.74) is 2.66. The SMILES string of the molecule is CCCNCc1ccc(Cl)cc1SCc1ccccc1. The molecule has 0 aliphatic rings. The van der Waals surface area contributed by atoms with Gasteiger partial charge in [0.2, 0.25) is 0 Å². The van der Waals surface area contributed by atoms with E-state index in [2.05, 4.69) is 48.6 Å². The van der Waals surface area contributed by atoms with E-state index in [9.17, 15) is 0 Å². The summed E-state index contributed by atoms with van der Waals surface area (Å²) in [7, 11) is 0. The third-order valence-corrected chi connectivity index (χ3v) is 4.41. The van der Waals surface area contributed by atoms with Crippen LogP contribution in [0.4, 0.5) is 0 Å². The lowest BCUT2D eigenvalue weighted by Crippen LogP contribution is -2.14. The summed E-state index contributed by atoms with van der Waals surface area (Å²) < 4.78 is 0. The van der Waals surface area contributed by atoms with Gasteiger partial charge in [0.05, 0.1) is 0 Å². The average Bonchev–Trinajstić information content (AvgIpc) is 2.48. The average molecular weight is 306 g/mol. The predicted molar refractivity (Wildman–Crippen MR) is 89.5 cm³/mol. The summed E-state index contributed by atoms with van der Waals surface area (Å²) in [6, 6.07) is 16.7. The maximum Gasteiger partial charge on any atom is 0.0417 e. The van der Waals surface area contributed by atoms with Gasteiger partial charge in [-0.05, 0) is 36.2 Å². The van der Waals surface area contributed by atoms with Gasteiger partial charge < -0.3 is 5.32 Å². The van der Waals surface area contributed by atoms with Crippen molar-refractivity contribution < 1.29 is 0 Å². The third kappa shape index (κ3) is 4.86. The summed E-state index contributed by atoms with van der Waals surface area (Å²) >= 11 is 7.97. The largest absolute Gasteiger partial charge is 0.313 e. The minimum atomic E-state index is 0.805. The van der Waals surface area contributed by atoms with Crippen LogP contribution in [-0.2, 0) is 12.3 Å². The van der Waals surface area contributed by atoms with E-state index in [1.54, 1.807) is 0 Å². The molecule has 0 bridgehead atoms. The zero-order valence-corrected chi connectivity index (χ0v) is 13.3. The highest BCUT2D eigenvalue weighted by molar-refractivity contribution is 7.98. The molecule has 0 amide bonds. The van der Waals surface area contributed by atoms with Crippen molar-refractivity contribution in [1.29, 1.82) is 0 Å². The van der Waals surface area contributed by atoms with E-state index >= 15 is 0 Å². The van der Waals surface area contributed by atoms with Crippen LogP contribution in [-0.4, -0.2) is 6.54 Å². The van der Waals surface area contributed by atoms with Crippen LogP contribution in [0.3, 0.4) is 0 Å². The van der Waals surface area contributed by atoms with Crippen molar-refractivity contribution in [2.75, 3.05) is 6.54 Å². The molecule has 0 aromatic heterocycles. The highest BCUT2D eigenvalue weighted by Crippen LogP contribution is 2.29. The Bertz CT molecular complexity index is 528. The maximum atomic E-state index is 6.13. The molecule has 2 aromatic carbocycles. The molecule has 2 rings (SSSR count). The second-order valence-electron chi connectivity index (χ2n) is 4.70. The Kier molecular flexibility index (Phi) is 6.44. The molecule has 1 N–H and O–H groups in total. The molecule has 0 aliphatic heterocycles. The highest BCUT2D eigenvalue weighted by atomic mass is 35.5. The summed E-state index contributed by atoms with van der Waals surface area (Å²) in [6.45, 7) is 4.13. The zero-order chi connectivity index (χ0) is 14.2. The number of benzene rings is 2. The van der Waals surface area contributed by atoms with E-state index in [1.807, 2.05) is 23.9 Å². The normalized spacial score (nSPS) is 10.7. The van der Waals surface area contributed by atoms with Crippen LogP contribution in [0.5, 0.6) is 0 Å². The van der Waals surface area contributed by atoms with Crippen LogP contribution in [0.2, 0.25) is 5.02 Å². The van der Waals surface area contributed by atoms with Gasteiger partial charge in [-0.1, -0.05) is 54.9 Å². The fraction of sp³-hybridized carbons (Fsp3) is 0.294. The minimum Gasteiger partial charge on any atom is -0.313 e. The zero-order valence-electron chi connectivity index (χ0n) is 11.7. The van der Waals surface area contributed by atoms with Crippen molar-refractivity contribution in [3.63, 3.8) is 0 Å². The first kappa shape index (κ1) is 15.4. The Morgan fingerprint density at radius 3 is 2.65 bits per heavy atom. The first-order chi connectivity index (χ1) is 9.79. The molecule has 0 heterocycles. The number of hydrogen-bond acceptors (Lipinski definition) is 2. The fourth-order valence-corrected chi connectivity index (χ4v) is 3.23. The van der Waals surface area contributed by atoms with Gasteiger partial charge in [-0.3, -0.25) is 0 Å². The van der Waals surface area contributed by atoms with Gasteiger partial charge in [-0.25, -0.2) is 0 Å². The van der Waals surface area contributed by atoms with Crippen molar-refractivity contribution in [2.45, 2.75) is 30.5 Å². The van der Waals surface area contributed by atoms with Crippen LogP contribution in [0.15, 0.2) is 53.4 Å². The lowest BCUT2D eigenvalue weighted by molar-refractivity contribution is 0.669. The Morgan fingerprint density at radius 1 is 1.10 bits per heavy atom. The van der Waals surface area contributed by atoms with Crippen molar-refractivity contribution in [1.82, 2.24) is 5.32 Å². The van der Waals surface area contributed by atoms with Crippen LogP contribution in [0.1, 0.15) is 24.5 Å². The van der Waals surface area contributed by atoms with Gasteiger partial charge in [0.25, 0.3) is 0 Å². The van der Waals surface area contributed by atoms with Gasteiger partial charge in [0, 0.05) is 22.2 Å². The highest BCUT2D eigenvalue weighted by Gasteiger charge is 2.04. The van der Waals surface area contributed by atoms with Gasteiger partial charge >= 0.3 is 0 Å². The Hall–Kier alpha value is -0.960. The summed E-state index contributed by atoms with van der Waals surface area (Å²) in [5, 5.41) is 4.26. The summed E-state index contributed by atoms with van der Waals surface area (Å²) in [6.07, 6.45) is 1.15. The molecular formula is C17H20ClNS. The molecule has 0 saturated carbocycles. The molecule has 106 valence electrons. The van der Waals surface area contributed by atoms with Gasteiger partial charge in [0.15, 0.2) is 0 Å². The first-order valence-corrected chi connectivity index (χ1v) is 8.32. The van der Waals surface area contributed by atoms with Crippen LogP contribution in [0.25, 0.3) is 0 Å². The van der Waals surface area contributed by atoms with Crippen LogP contribution < -0.4 is 5.32 Å². The van der Waals surface area contributed by atoms with Gasteiger partial charge in [-0.2, -0.15) is 0 Å². The van der Waals surface area contributed by atoms with E-state index in [-0.39, 0.29) is 0 Å². The van der Waals surface area contributed by atoms with Crippen LogP contribution in [0, 0.1) is 0 Å². The molecule has 3 heteroatoms. The topological polar surface area (TPSA) is 12.0 Å². The molecule has 0 spiro atoms. The smallest absolute Gasteiger partial charge is 0.0417 e. The lowest BCUT2D eigenvalue weighted by atomic mass is 10.2. The number of nitrogens with one attached hydrogen (secondary N) is 1. The predicted octanol–water partition coefficient (Wildman–Crippen LogP) is 5.13. The standard InChI is InChI=1S/C17H20ClNS/c1-2-10-19-12-15-8-9-16(18)11-17(15)20-13-14-6-4-3-5-7-14/h3-9,11,19H,2,10,12-13H2,1H3. The second-order valence-corrected chi connectivity index (χ2v) is 6.16. The van der Waals surface area contributed by atoms with E-state index in [0.29, 0.717) is 0 Å². The first-order valence-electron chi connectivity index (χ1n) is 6.95. The molecule has 0 atom stereocenters. The molecular weight excluding hydrogens is 286 g/mol. The number of halogens is 1. The third-order valence-electron chi connectivity index (χ3n) is 3.01. The monoisotopic (exact) mass is 305 g/mol. The van der Waals surface area contributed by atoms with E-state index in [4.69, 9.17) is 11.6 Å². The number of thioether (sulfide) groups is 1. The molecule has 0 unspecified atom stereocenters. The molecule has 0 fully saturated rings. The van der Waals surface area contributed by atoms with Crippen LogP contribution >= 0.6 is 23.4 Å². The Labute approximate surface area is 130 Å². The molecule has 0 aliphatic carbocycles. The fourth-order valence-electron chi connectivity index (χ4n) is 1.94. The van der Waals surface area contributed by atoms with Crippen molar-refractivity contribution in [3.05, 3.63) is 64.7 Å². The van der Waals surface area contributed by atoms with E-state index < -0.39 is 0 Å². The van der Waals surface area contributed by atoms with Crippen molar-refractivity contribution in [2.24, 2.45) is 0 Å². The van der Waals surface area contributed by atoms with Crippen molar-refractivity contribution >= 4 is 23.4 Å². The minimum absolute atomic E-state index is 0.805. The molecule has 2 aromatic rings. The van der Waals surface area contributed by atoms with E-state index in [0.717, 1.165) is 30.3 Å². The number of rotatable bonds is 7. The lowest BCUT2D eigenvalue weighted by Gasteiger charge is -2.11. The maximum absolute atomic E-state index is 6.13. The molecule has 1 nitrogen and oxygen atoms in total. The quantitative estimate of drug-likeness (QED) is 0.562. The Balaban J connectivity index is 2.03. The van der Waals surface area contributed by atoms with E-state index in [1.165, 1.54) is 16.0 Å². The number of hydrogen-bond donors (Lipinski definition) is 1. The molecule has 0 saturated heterocycles. The van der Waals surface area contributed by atoms with Crippen molar-refractivity contribution in [3.8, 4) is 0 Å².